The van der Waals surface area contributed by atoms with E-state index in [0.717, 1.165) is 4.47 Å². The van der Waals surface area contributed by atoms with Crippen LogP contribution in [0, 0.1) is 0 Å². The number of halogens is 3. The van der Waals surface area contributed by atoms with Crippen molar-refractivity contribution in [2.24, 2.45) is 0 Å². The minimum absolute atomic E-state index is 0.0955. The van der Waals surface area contributed by atoms with Crippen molar-refractivity contribution in [3.05, 3.63) is 35.1 Å². The number of aryl methyl sites for hydroxylation is 1. The zero-order valence-corrected chi connectivity index (χ0v) is 13.7. The molecule has 0 radical (unpaired) electrons. The van der Waals surface area contributed by atoms with Gasteiger partial charge in [0.2, 0.25) is 5.91 Å². The van der Waals surface area contributed by atoms with Crippen LogP contribution in [0.2, 0.25) is 0 Å². The Hall–Kier alpha value is -2.16. The number of carbonyl (C=O) groups is 1. The molecule has 6 nitrogen and oxygen atoms in total. The molecule has 0 bridgehead atoms. The Bertz CT molecular complexity index is 679. The predicted molar refractivity (Wildman–Crippen MR) is 82.8 cm³/mol. The van der Waals surface area contributed by atoms with Crippen LogP contribution in [0.5, 0.6) is 11.5 Å². The highest BCUT2D eigenvalue weighted by Gasteiger charge is 2.12. The number of hydrogen-bond donors (Lipinski definition) is 1. The molecule has 0 atom stereocenters. The van der Waals surface area contributed by atoms with Gasteiger partial charge in [-0.2, -0.15) is 13.9 Å². The fourth-order valence-electron chi connectivity index (χ4n) is 1.84. The van der Waals surface area contributed by atoms with Crippen molar-refractivity contribution in [3.8, 4) is 11.5 Å². The molecule has 0 unspecified atom stereocenters. The zero-order chi connectivity index (χ0) is 16.8. The number of carbonyl (C=O) groups excluding carboxylic acids is 1. The zero-order valence-electron chi connectivity index (χ0n) is 12.1. The smallest absolute Gasteiger partial charge is 0.387 e. The van der Waals surface area contributed by atoms with E-state index in [-0.39, 0.29) is 23.8 Å². The molecule has 0 spiro atoms. The number of nitrogens with one attached hydrogen (secondary N) is 1. The van der Waals surface area contributed by atoms with Crippen molar-refractivity contribution >= 4 is 27.5 Å². The molecule has 1 N–H and O–H groups in total. The molecule has 1 aromatic carbocycles. The fraction of sp³-hybridized carbons (Fsp3) is 0.286. The molecule has 2 rings (SSSR count). The van der Waals surface area contributed by atoms with Crippen LogP contribution in [0.1, 0.15) is 6.42 Å². The Morgan fingerprint density at radius 1 is 1.43 bits per heavy atom. The van der Waals surface area contributed by atoms with Gasteiger partial charge in [-0.15, -0.1) is 0 Å². The minimum atomic E-state index is -2.95. The summed E-state index contributed by atoms with van der Waals surface area (Å²) in [6.07, 6.45) is 3.60. The van der Waals surface area contributed by atoms with Gasteiger partial charge in [-0.05, 0) is 28.1 Å². The van der Waals surface area contributed by atoms with Gasteiger partial charge in [0, 0.05) is 30.9 Å². The highest BCUT2D eigenvalue weighted by Crippen LogP contribution is 2.31. The Balaban J connectivity index is 1.94. The molecule has 124 valence electrons. The monoisotopic (exact) mass is 389 g/mol. The highest BCUT2D eigenvalue weighted by atomic mass is 79.9. The van der Waals surface area contributed by atoms with E-state index in [4.69, 9.17) is 4.74 Å². The molecule has 0 aliphatic carbocycles. The number of alkyl halides is 2. The van der Waals surface area contributed by atoms with Gasteiger partial charge in [-0.25, -0.2) is 0 Å². The maximum Gasteiger partial charge on any atom is 0.387 e. The van der Waals surface area contributed by atoms with Crippen LogP contribution >= 0.6 is 15.9 Å². The second kappa shape index (κ2) is 7.91. The van der Waals surface area contributed by atoms with Crippen molar-refractivity contribution in [1.82, 2.24) is 9.78 Å². The van der Waals surface area contributed by atoms with Crippen molar-refractivity contribution < 1.29 is 23.0 Å². The summed E-state index contributed by atoms with van der Waals surface area (Å²) in [5, 5.41) is 6.70. The summed E-state index contributed by atoms with van der Waals surface area (Å²) in [7, 11) is 1.33. The van der Waals surface area contributed by atoms with E-state index >= 15 is 0 Å². The van der Waals surface area contributed by atoms with E-state index in [2.05, 4.69) is 31.1 Å². The summed E-state index contributed by atoms with van der Waals surface area (Å²) in [4.78, 5) is 11.9. The third-order valence-corrected chi connectivity index (χ3v) is 3.24. The van der Waals surface area contributed by atoms with Crippen LogP contribution in [-0.2, 0) is 11.3 Å². The number of ether oxygens (including phenoxy) is 2. The first-order valence-corrected chi connectivity index (χ1v) is 7.38. The molecule has 0 fully saturated rings. The van der Waals surface area contributed by atoms with E-state index in [1.54, 1.807) is 17.1 Å². The Kier molecular flexibility index (Phi) is 5.91. The SMILES string of the molecule is COc1cc(NC(=O)CCn2cc(Br)cn2)ccc1OC(F)F. The van der Waals surface area contributed by atoms with Crippen LogP contribution in [0.3, 0.4) is 0 Å². The molecule has 1 amide bonds. The van der Waals surface area contributed by atoms with Crippen LogP contribution < -0.4 is 14.8 Å². The van der Waals surface area contributed by atoms with Crippen molar-refractivity contribution in [2.45, 2.75) is 19.6 Å². The topological polar surface area (TPSA) is 65.4 Å². The molecule has 1 heterocycles. The molecular weight excluding hydrogens is 376 g/mol. The Labute approximate surface area is 139 Å². The molecular formula is C14H14BrF2N3O3. The number of amides is 1. The summed E-state index contributed by atoms with van der Waals surface area (Å²) in [6, 6.07) is 4.19. The lowest BCUT2D eigenvalue weighted by Gasteiger charge is -2.12. The van der Waals surface area contributed by atoms with Gasteiger partial charge in [0.1, 0.15) is 0 Å². The van der Waals surface area contributed by atoms with Crippen molar-refractivity contribution in [2.75, 3.05) is 12.4 Å². The first kappa shape index (κ1) is 17.2. The maximum atomic E-state index is 12.3. The maximum absolute atomic E-state index is 12.3. The average Bonchev–Trinajstić information content (AvgIpc) is 2.92. The van der Waals surface area contributed by atoms with Gasteiger partial charge in [0.25, 0.3) is 0 Å². The van der Waals surface area contributed by atoms with E-state index in [1.807, 2.05) is 0 Å². The summed E-state index contributed by atoms with van der Waals surface area (Å²) in [5.41, 5.74) is 0.426. The normalized spacial score (nSPS) is 10.7. The van der Waals surface area contributed by atoms with Crippen LogP contribution in [0.25, 0.3) is 0 Å². The predicted octanol–water partition coefficient (Wildman–Crippen LogP) is 3.28. The molecule has 0 saturated carbocycles. The first-order chi connectivity index (χ1) is 11.0. The lowest BCUT2D eigenvalue weighted by Crippen LogP contribution is -2.15. The molecule has 0 saturated heterocycles. The standard InChI is InChI=1S/C14H14BrF2N3O3/c1-22-12-6-10(2-3-11(12)23-14(16)17)19-13(21)4-5-20-8-9(15)7-18-20/h2-3,6-8,14H,4-5H2,1H3,(H,19,21). The minimum Gasteiger partial charge on any atom is -0.493 e. The van der Waals surface area contributed by atoms with Gasteiger partial charge >= 0.3 is 6.61 Å². The summed E-state index contributed by atoms with van der Waals surface area (Å²) in [5.74, 6) is -0.220. The van der Waals surface area contributed by atoms with E-state index in [0.29, 0.717) is 12.2 Å². The Morgan fingerprint density at radius 2 is 2.22 bits per heavy atom. The van der Waals surface area contributed by atoms with Crippen LogP contribution in [0.4, 0.5) is 14.5 Å². The van der Waals surface area contributed by atoms with Gasteiger partial charge < -0.3 is 14.8 Å². The first-order valence-electron chi connectivity index (χ1n) is 6.58. The lowest BCUT2D eigenvalue weighted by atomic mass is 10.2. The highest BCUT2D eigenvalue weighted by molar-refractivity contribution is 9.10. The van der Waals surface area contributed by atoms with Gasteiger partial charge in [0.15, 0.2) is 11.5 Å². The fourth-order valence-corrected chi connectivity index (χ4v) is 2.17. The number of hydrogen-bond acceptors (Lipinski definition) is 4. The largest absolute Gasteiger partial charge is 0.493 e. The number of anilines is 1. The van der Waals surface area contributed by atoms with Crippen LogP contribution in [-0.4, -0.2) is 29.4 Å². The molecule has 0 aliphatic heterocycles. The third kappa shape index (κ3) is 5.20. The van der Waals surface area contributed by atoms with E-state index < -0.39 is 6.61 Å². The second-order valence-electron chi connectivity index (χ2n) is 4.46. The number of methoxy groups -OCH3 is 1. The van der Waals surface area contributed by atoms with Crippen molar-refractivity contribution in [1.29, 1.82) is 0 Å². The average molecular weight is 390 g/mol. The van der Waals surface area contributed by atoms with Gasteiger partial charge in [-0.3, -0.25) is 9.48 Å². The molecule has 9 heteroatoms. The van der Waals surface area contributed by atoms with Gasteiger partial charge in [-0.1, -0.05) is 0 Å². The lowest BCUT2D eigenvalue weighted by molar-refractivity contribution is -0.116. The molecule has 1 aromatic heterocycles. The number of nitrogens with zero attached hydrogens (tertiary/aromatic N) is 2. The third-order valence-electron chi connectivity index (χ3n) is 2.83. The second-order valence-corrected chi connectivity index (χ2v) is 5.38. The number of rotatable bonds is 7. The number of aromatic nitrogens is 2. The summed E-state index contributed by atoms with van der Waals surface area (Å²) in [6.45, 7) is -2.53. The quantitative estimate of drug-likeness (QED) is 0.788. The number of benzene rings is 1. The van der Waals surface area contributed by atoms with Crippen molar-refractivity contribution in [3.63, 3.8) is 0 Å². The summed E-state index contributed by atoms with van der Waals surface area (Å²) >= 11 is 3.27. The van der Waals surface area contributed by atoms with E-state index in [1.165, 1.54) is 25.3 Å². The summed E-state index contributed by atoms with van der Waals surface area (Å²) < 4.78 is 36.3. The molecule has 0 aliphatic rings. The van der Waals surface area contributed by atoms with Crippen LogP contribution in [0.15, 0.2) is 35.1 Å². The Morgan fingerprint density at radius 3 is 2.83 bits per heavy atom. The van der Waals surface area contributed by atoms with E-state index in [9.17, 15) is 13.6 Å². The molecule has 2 aromatic rings. The van der Waals surface area contributed by atoms with Gasteiger partial charge in [0.05, 0.1) is 17.8 Å². The molecule has 23 heavy (non-hydrogen) atoms.